The van der Waals surface area contributed by atoms with Gasteiger partial charge in [0.2, 0.25) is 0 Å². The zero-order valence-corrected chi connectivity index (χ0v) is 13.1. The van der Waals surface area contributed by atoms with Crippen molar-refractivity contribution in [2.75, 3.05) is 25.5 Å². The van der Waals surface area contributed by atoms with E-state index in [2.05, 4.69) is 27.2 Å². The van der Waals surface area contributed by atoms with Gasteiger partial charge in [0, 0.05) is 19.2 Å². The van der Waals surface area contributed by atoms with Crippen LogP contribution in [0, 0.1) is 0 Å². The number of nitrogens with one attached hydrogen (secondary N) is 2. The molecule has 0 saturated carbocycles. The van der Waals surface area contributed by atoms with Crippen LogP contribution in [-0.4, -0.2) is 36.1 Å². The first-order valence-corrected chi connectivity index (χ1v) is 7.31. The Kier molecular flexibility index (Phi) is 6.11. The number of carbonyl (C=O) groups is 1. The Bertz CT molecular complexity index is 673. The maximum Gasteiger partial charge on any atom is 0.270 e. The van der Waals surface area contributed by atoms with Crippen LogP contribution in [0.4, 0.5) is 5.82 Å². The second-order valence-corrected chi connectivity index (χ2v) is 4.82. The molecule has 6 heteroatoms. The van der Waals surface area contributed by atoms with E-state index in [9.17, 15) is 4.79 Å². The predicted molar refractivity (Wildman–Crippen MR) is 89.7 cm³/mol. The molecule has 0 aliphatic heterocycles. The molecular weight excluding hydrogens is 292 g/mol. The molecule has 1 heterocycles. The molecule has 0 atom stereocenters. The summed E-state index contributed by atoms with van der Waals surface area (Å²) in [6, 6.07) is 9.38. The van der Waals surface area contributed by atoms with Gasteiger partial charge in [0.1, 0.15) is 23.6 Å². The van der Waals surface area contributed by atoms with Crippen LogP contribution in [0.3, 0.4) is 0 Å². The van der Waals surface area contributed by atoms with Gasteiger partial charge in [0.25, 0.3) is 5.91 Å². The summed E-state index contributed by atoms with van der Waals surface area (Å²) >= 11 is 0. The summed E-state index contributed by atoms with van der Waals surface area (Å²) in [6.07, 6.45) is 3.80. The number of anilines is 1. The Labute approximate surface area is 135 Å². The van der Waals surface area contributed by atoms with E-state index in [1.54, 1.807) is 19.3 Å². The molecule has 2 N–H and O–H groups in total. The van der Waals surface area contributed by atoms with Crippen molar-refractivity contribution in [1.82, 2.24) is 15.3 Å². The smallest absolute Gasteiger partial charge is 0.270 e. The van der Waals surface area contributed by atoms with E-state index in [4.69, 9.17) is 4.74 Å². The fraction of sp³-hybridized carbons (Fsp3) is 0.235. The molecule has 120 valence electrons. The van der Waals surface area contributed by atoms with Gasteiger partial charge >= 0.3 is 0 Å². The molecule has 23 heavy (non-hydrogen) atoms. The zero-order chi connectivity index (χ0) is 16.5. The Balaban J connectivity index is 1.88. The Hall–Kier alpha value is -2.89. The van der Waals surface area contributed by atoms with Gasteiger partial charge in [-0.25, -0.2) is 9.97 Å². The highest BCUT2D eigenvalue weighted by atomic mass is 16.5. The molecule has 1 aromatic carbocycles. The summed E-state index contributed by atoms with van der Waals surface area (Å²) in [5, 5.41) is 5.87. The van der Waals surface area contributed by atoms with Gasteiger partial charge in [0.15, 0.2) is 0 Å². The molecule has 6 nitrogen and oxygen atoms in total. The van der Waals surface area contributed by atoms with Crippen LogP contribution >= 0.6 is 0 Å². The van der Waals surface area contributed by atoms with E-state index < -0.39 is 0 Å². The minimum absolute atomic E-state index is 0.225. The number of aromatic nitrogens is 2. The van der Waals surface area contributed by atoms with Crippen molar-refractivity contribution in [2.24, 2.45) is 0 Å². The molecule has 0 bridgehead atoms. The van der Waals surface area contributed by atoms with Crippen LogP contribution in [0.25, 0.3) is 0 Å². The quantitative estimate of drug-likeness (QED) is 0.730. The maximum absolute atomic E-state index is 12.1. The largest absolute Gasteiger partial charge is 0.497 e. The van der Waals surface area contributed by atoms with E-state index in [-0.39, 0.29) is 5.91 Å². The minimum atomic E-state index is -0.225. The Morgan fingerprint density at radius 1 is 1.35 bits per heavy atom. The van der Waals surface area contributed by atoms with Crippen molar-refractivity contribution in [1.29, 1.82) is 0 Å². The van der Waals surface area contributed by atoms with Gasteiger partial charge in [0.05, 0.1) is 7.11 Å². The number of nitrogens with zero attached hydrogens (tertiary/aromatic N) is 2. The normalized spacial score (nSPS) is 9.96. The Morgan fingerprint density at radius 2 is 2.22 bits per heavy atom. The first-order valence-electron chi connectivity index (χ1n) is 7.31. The van der Waals surface area contributed by atoms with Crippen LogP contribution in [0.2, 0.25) is 0 Å². The molecule has 0 radical (unpaired) electrons. The number of hydrogen-bond acceptors (Lipinski definition) is 5. The molecule has 0 fully saturated rings. The van der Waals surface area contributed by atoms with Crippen LogP contribution in [0.5, 0.6) is 5.75 Å². The number of ether oxygens (including phenoxy) is 1. The number of methoxy groups -OCH3 is 1. The SMILES string of the molecule is C=CCNc1cc(C(=O)NCCc2cccc(OC)c2)ncn1. The molecule has 0 aliphatic carbocycles. The van der Waals surface area contributed by atoms with Gasteiger partial charge in [-0.15, -0.1) is 6.58 Å². The summed E-state index contributed by atoms with van der Waals surface area (Å²) in [5.41, 5.74) is 1.43. The lowest BCUT2D eigenvalue weighted by Crippen LogP contribution is -2.26. The molecule has 2 aromatic rings. The lowest BCUT2D eigenvalue weighted by molar-refractivity contribution is 0.0949. The fourth-order valence-corrected chi connectivity index (χ4v) is 1.99. The highest BCUT2D eigenvalue weighted by Crippen LogP contribution is 2.12. The molecule has 0 spiro atoms. The first-order chi connectivity index (χ1) is 11.2. The van der Waals surface area contributed by atoms with Crippen molar-refractivity contribution < 1.29 is 9.53 Å². The number of hydrogen-bond donors (Lipinski definition) is 2. The van der Waals surface area contributed by atoms with Crippen molar-refractivity contribution in [3.8, 4) is 5.75 Å². The average Bonchev–Trinajstić information content (AvgIpc) is 2.60. The van der Waals surface area contributed by atoms with Crippen LogP contribution in [0.1, 0.15) is 16.1 Å². The third-order valence-corrected chi connectivity index (χ3v) is 3.16. The van der Waals surface area contributed by atoms with E-state index >= 15 is 0 Å². The highest BCUT2D eigenvalue weighted by molar-refractivity contribution is 5.92. The van der Waals surface area contributed by atoms with Crippen molar-refractivity contribution in [2.45, 2.75) is 6.42 Å². The van der Waals surface area contributed by atoms with Crippen molar-refractivity contribution in [3.63, 3.8) is 0 Å². The van der Waals surface area contributed by atoms with Gasteiger partial charge in [-0.3, -0.25) is 4.79 Å². The predicted octanol–water partition coefficient (Wildman–Crippen LogP) is 2.06. The second-order valence-electron chi connectivity index (χ2n) is 4.82. The minimum Gasteiger partial charge on any atom is -0.497 e. The summed E-state index contributed by atoms with van der Waals surface area (Å²) in [5.74, 6) is 1.18. The standard InChI is InChI=1S/C17H20N4O2/c1-3-8-18-16-11-15(20-12-21-16)17(22)19-9-7-13-5-4-6-14(10-13)23-2/h3-6,10-12H,1,7-9H2,2H3,(H,19,22)(H,18,20,21). The number of amides is 1. The third kappa shape index (κ3) is 5.10. The molecule has 0 aliphatic rings. The molecule has 0 unspecified atom stereocenters. The van der Waals surface area contributed by atoms with Gasteiger partial charge in [-0.05, 0) is 24.1 Å². The van der Waals surface area contributed by atoms with Gasteiger partial charge < -0.3 is 15.4 Å². The fourth-order valence-electron chi connectivity index (χ4n) is 1.99. The van der Waals surface area contributed by atoms with E-state index in [1.807, 2.05) is 24.3 Å². The summed E-state index contributed by atoms with van der Waals surface area (Å²) in [4.78, 5) is 20.1. The lowest BCUT2D eigenvalue weighted by Gasteiger charge is -2.07. The molecule has 2 rings (SSSR count). The topological polar surface area (TPSA) is 76.1 Å². The number of rotatable bonds is 8. The van der Waals surface area contributed by atoms with Crippen molar-refractivity contribution >= 4 is 11.7 Å². The number of benzene rings is 1. The van der Waals surface area contributed by atoms with E-state index in [0.717, 1.165) is 17.7 Å². The van der Waals surface area contributed by atoms with Gasteiger partial charge in [-0.1, -0.05) is 18.2 Å². The summed E-state index contributed by atoms with van der Waals surface area (Å²) < 4.78 is 5.18. The summed E-state index contributed by atoms with van der Waals surface area (Å²) in [6.45, 7) is 4.72. The summed E-state index contributed by atoms with van der Waals surface area (Å²) in [7, 11) is 1.63. The van der Waals surface area contributed by atoms with Crippen LogP contribution < -0.4 is 15.4 Å². The molecular formula is C17H20N4O2. The van der Waals surface area contributed by atoms with Crippen molar-refractivity contribution in [3.05, 3.63) is 60.6 Å². The maximum atomic E-state index is 12.1. The molecule has 0 saturated heterocycles. The monoisotopic (exact) mass is 312 g/mol. The Morgan fingerprint density at radius 3 is 3.00 bits per heavy atom. The molecule has 1 amide bonds. The van der Waals surface area contributed by atoms with Gasteiger partial charge in [-0.2, -0.15) is 0 Å². The third-order valence-electron chi connectivity index (χ3n) is 3.16. The highest BCUT2D eigenvalue weighted by Gasteiger charge is 2.08. The lowest BCUT2D eigenvalue weighted by atomic mass is 10.1. The van der Waals surface area contributed by atoms with E-state index in [1.165, 1.54) is 6.33 Å². The number of carbonyl (C=O) groups excluding carboxylic acids is 1. The van der Waals surface area contributed by atoms with Crippen LogP contribution in [-0.2, 0) is 6.42 Å². The first kappa shape index (κ1) is 16.5. The zero-order valence-electron chi connectivity index (χ0n) is 13.1. The van der Waals surface area contributed by atoms with E-state index in [0.29, 0.717) is 24.6 Å². The second kappa shape index (κ2) is 8.53. The van der Waals surface area contributed by atoms with Crippen LogP contribution in [0.15, 0.2) is 49.3 Å². The average molecular weight is 312 g/mol. The molecule has 1 aromatic heterocycles.